The number of benzene rings is 1. The molecule has 1 aromatic heterocycles. The van der Waals surface area contributed by atoms with E-state index in [1.807, 2.05) is 0 Å². The molecule has 0 bridgehead atoms. The lowest BCUT2D eigenvalue weighted by molar-refractivity contribution is 0.596. The van der Waals surface area contributed by atoms with Gasteiger partial charge in [-0.15, -0.1) is 0 Å². The number of halogens is 3. The van der Waals surface area contributed by atoms with Crippen LogP contribution in [0.2, 0.25) is 0 Å². The maximum absolute atomic E-state index is 13.4. The molecule has 1 heterocycles. The SMILES string of the molecule is Fc1cc(NCc2cncnc2)c(F)cc1Br. The van der Waals surface area contributed by atoms with Crippen molar-refractivity contribution in [3.63, 3.8) is 0 Å². The van der Waals surface area contributed by atoms with Gasteiger partial charge in [-0.1, -0.05) is 0 Å². The second-order valence-electron chi connectivity index (χ2n) is 3.35. The van der Waals surface area contributed by atoms with Crippen LogP contribution in [0.5, 0.6) is 0 Å². The van der Waals surface area contributed by atoms with Crippen LogP contribution in [-0.4, -0.2) is 9.97 Å². The van der Waals surface area contributed by atoms with E-state index in [-0.39, 0.29) is 10.2 Å². The van der Waals surface area contributed by atoms with Crippen molar-refractivity contribution in [2.24, 2.45) is 0 Å². The predicted molar refractivity (Wildman–Crippen MR) is 63.4 cm³/mol. The van der Waals surface area contributed by atoms with Gasteiger partial charge in [0, 0.05) is 30.6 Å². The summed E-state index contributed by atoms with van der Waals surface area (Å²) >= 11 is 2.91. The van der Waals surface area contributed by atoms with Gasteiger partial charge in [0.25, 0.3) is 0 Å². The molecule has 17 heavy (non-hydrogen) atoms. The minimum absolute atomic E-state index is 0.101. The number of aromatic nitrogens is 2. The molecule has 1 N–H and O–H groups in total. The highest BCUT2D eigenvalue weighted by atomic mass is 79.9. The summed E-state index contributed by atoms with van der Waals surface area (Å²) < 4.78 is 26.8. The summed E-state index contributed by atoms with van der Waals surface area (Å²) in [5, 5.41) is 2.78. The number of hydrogen-bond acceptors (Lipinski definition) is 3. The Morgan fingerprint density at radius 1 is 1.12 bits per heavy atom. The molecule has 0 aliphatic heterocycles. The molecule has 0 radical (unpaired) electrons. The largest absolute Gasteiger partial charge is 0.378 e. The van der Waals surface area contributed by atoms with E-state index >= 15 is 0 Å². The lowest BCUT2D eigenvalue weighted by Gasteiger charge is -2.08. The zero-order valence-electron chi connectivity index (χ0n) is 8.62. The van der Waals surface area contributed by atoms with Crippen LogP contribution >= 0.6 is 15.9 Å². The highest BCUT2D eigenvalue weighted by Gasteiger charge is 2.07. The summed E-state index contributed by atoms with van der Waals surface area (Å²) in [7, 11) is 0. The van der Waals surface area contributed by atoms with E-state index in [0.29, 0.717) is 6.54 Å². The van der Waals surface area contributed by atoms with E-state index in [4.69, 9.17) is 0 Å². The van der Waals surface area contributed by atoms with Crippen LogP contribution in [0.4, 0.5) is 14.5 Å². The zero-order chi connectivity index (χ0) is 12.3. The molecule has 88 valence electrons. The Labute approximate surface area is 105 Å². The third-order valence-corrected chi connectivity index (χ3v) is 2.71. The van der Waals surface area contributed by atoms with E-state index < -0.39 is 11.6 Å². The first-order valence-corrected chi connectivity index (χ1v) is 5.58. The maximum Gasteiger partial charge on any atom is 0.147 e. The molecule has 3 nitrogen and oxygen atoms in total. The van der Waals surface area contributed by atoms with E-state index in [9.17, 15) is 8.78 Å². The van der Waals surface area contributed by atoms with Crippen LogP contribution in [0.25, 0.3) is 0 Å². The first kappa shape index (κ1) is 11.9. The molecule has 1 aromatic carbocycles. The maximum atomic E-state index is 13.4. The highest BCUT2D eigenvalue weighted by Crippen LogP contribution is 2.23. The van der Waals surface area contributed by atoms with Crippen LogP contribution in [0.1, 0.15) is 5.56 Å². The molecule has 0 fully saturated rings. The second kappa shape index (κ2) is 5.18. The van der Waals surface area contributed by atoms with Crippen molar-refractivity contribution >= 4 is 21.6 Å². The van der Waals surface area contributed by atoms with E-state index in [0.717, 1.165) is 17.7 Å². The van der Waals surface area contributed by atoms with Crippen molar-refractivity contribution in [2.45, 2.75) is 6.54 Å². The minimum Gasteiger partial charge on any atom is -0.378 e. The molecule has 0 aliphatic rings. The third-order valence-electron chi connectivity index (χ3n) is 2.11. The van der Waals surface area contributed by atoms with Crippen LogP contribution < -0.4 is 5.32 Å². The van der Waals surface area contributed by atoms with Gasteiger partial charge in [-0.25, -0.2) is 18.7 Å². The number of hydrogen-bond donors (Lipinski definition) is 1. The molecule has 2 aromatic rings. The topological polar surface area (TPSA) is 37.8 Å². The Bertz CT molecular complexity index is 520. The lowest BCUT2D eigenvalue weighted by Crippen LogP contribution is -2.03. The summed E-state index contributed by atoms with van der Waals surface area (Å²) in [6.07, 6.45) is 4.61. The molecule has 0 saturated carbocycles. The van der Waals surface area contributed by atoms with Gasteiger partial charge in [-0.2, -0.15) is 0 Å². The van der Waals surface area contributed by atoms with E-state index in [2.05, 4.69) is 31.2 Å². The summed E-state index contributed by atoms with van der Waals surface area (Å²) in [4.78, 5) is 7.65. The first-order chi connectivity index (χ1) is 8.16. The molecule has 2 rings (SSSR count). The lowest BCUT2D eigenvalue weighted by atomic mass is 10.2. The van der Waals surface area contributed by atoms with Crippen molar-refractivity contribution in [1.29, 1.82) is 0 Å². The monoisotopic (exact) mass is 299 g/mol. The van der Waals surface area contributed by atoms with Gasteiger partial charge in [0.05, 0.1) is 10.2 Å². The summed E-state index contributed by atoms with van der Waals surface area (Å²) in [6.45, 7) is 0.332. The van der Waals surface area contributed by atoms with Gasteiger partial charge in [0.2, 0.25) is 0 Å². The van der Waals surface area contributed by atoms with Crippen molar-refractivity contribution in [2.75, 3.05) is 5.32 Å². The fourth-order valence-corrected chi connectivity index (χ4v) is 1.59. The Hall–Kier alpha value is -1.56. The Morgan fingerprint density at radius 3 is 2.53 bits per heavy atom. The summed E-state index contributed by atoms with van der Waals surface area (Å²) in [5.74, 6) is -1.03. The molecule has 0 saturated heterocycles. The van der Waals surface area contributed by atoms with Gasteiger partial charge in [0.15, 0.2) is 0 Å². The standard InChI is InChI=1S/C11H8BrF2N3/c12-8-1-10(14)11(2-9(8)13)17-5-7-3-15-6-16-4-7/h1-4,6,17H,5H2. The normalized spacial score (nSPS) is 10.3. The summed E-state index contributed by atoms with van der Waals surface area (Å²) in [5.41, 5.74) is 0.893. The molecule has 0 spiro atoms. The van der Waals surface area contributed by atoms with Crippen molar-refractivity contribution in [3.05, 3.63) is 52.5 Å². The average Bonchev–Trinajstić information content (AvgIpc) is 2.33. The molecule has 0 unspecified atom stereocenters. The fourth-order valence-electron chi connectivity index (χ4n) is 1.28. The zero-order valence-corrected chi connectivity index (χ0v) is 10.2. The van der Waals surface area contributed by atoms with Crippen molar-refractivity contribution < 1.29 is 8.78 Å². The Morgan fingerprint density at radius 2 is 1.82 bits per heavy atom. The first-order valence-electron chi connectivity index (χ1n) is 4.79. The number of nitrogens with zero attached hydrogens (tertiary/aromatic N) is 2. The van der Waals surface area contributed by atoms with Gasteiger partial charge >= 0.3 is 0 Å². The van der Waals surface area contributed by atoms with Crippen LogP contribution in [0.15, 0.2) is 35.3 Å². The summed E-state index contributed by atoms with van der Waals surface area (Å²) in [6, 6.07) is 2.18. The van der Waals surface area contributed by atoms with Crippen LogP contribution in [-0.2, 0) is 6.54 Å². The molecule has 0 aliphatic carbocycles. The predicted octanol–water partition coefficient (Wildman–Crippen LogP) is 3.13. The quantitative estimate of drug-likeness (QED) is 0.885. The smallest absolute Gasteiger partial charge is 0.147 e. The van der Waals surface area contributed by atoms with E-state index in [1.165, 1.54) is 6.33 Å². The third kappa shape index (κ3) is 2.97. The van der Waals surface area contributed by atoms with Crippen molar-refractivity contribution in [3.8, 4) is 0 Å². The minimum atomic E-state index is -0.518. The van der Waals surface area contributed by atoms with Gasteiger partial charge in [0.1, 0.15) is 18.0 Å². The Kier molecular flexibility index (Phi) is 3.63. The van der Waals surface area contributed by atoms with Crippen LogP contribution in [0, 0.1) is 11.6 Å². The fraction of sp³-hybridized carbons (Fsp3) is 0.0909. The molecular weight excluding hydrogens is 292 g/mol. The van der Waals surface area contributed by atoms with Gasteiger partial charge in [-0.05, 0) is 22.0 Å². The Balaban J connectivity index is 2.12. The molecule has 0 atom stereocenters. The van der Waals surface area contributed by atoms with Crippen molar-refractivity contribution in [1.82, 2.24) is 9.97 Å². The van der Waals surface area contributed by atoms with E-state index in [1.54, 1.807) is 12.4 Å². The highest BCUT2D eigenvalue weighted by molar-refractivity contribution is 9.10. The molecule has 6 heteroatoms. The molecule has 0 amide bonds. The van der Waals surface area contributed by atoms with Gasteiger partial charge < -0.3 is 5.32 Å². The number of nitrogens with one attached hydrogen (secondary N) is 1. The average molecular weight is 300 g/mol. The molecular formula is C11H8BrF2N3. The second-order valence-corrected chi connectivity index (χ2v) is 4.20. The van der Waals surface area contributed by atoms with Gasteiger partial charge in [-0.3, -0.25) is 0 Å². The number of rotatable bonds is 3. The van der Waals surface area contributed by atoms with Crippen LogP contribution in [0.3, 0.4) is 0 Å². The number of anilines is 1.